The van der Waals surface area contributed by atoms with E-state index in [0.29, 0.717) is 18.0 Å². The van der Waals surface area contributed by atoms with Crippen molar-refractivity contribution in [1.29, 1.82) is 0 Å². The third-order valence-electron chi connectivity index (χ3n) is 6.35. The molecule has 10 heteroatoms. The Hall–Kier alpha value is -3.60. The number of halogens is 1. The van der Waals surface area contributed by atoms with Crippen LogP contribution in [0, 0.1) is 5.82 Å². The fourth-order valence-corrected chi connectivity index (χ4v) is 5.36. The normalized spacial score (nSPS) is 14.2. The molecule has 0 saturated carbocycles. The van der Waals surface area contributed by atoms with Crippen molar-refractivity contribution in [2.24, 2.45) is 0 Å². The molecule has 0 bridgehead atoms. The van der Waals surface area contributed by atoms with Crippen LogP contribution in [0.4, 0.5) is 10.1 Å². The smallest absolute Gasteiger partial charge is 0.236 e. The highest BCUT2D eigenvalue weighted by molar-refractivity contribution is 7.22. The topological polar surface area (TPSA) is 82.6 Å². The van der Waals surface area contributed by atoms with Crippen molar-refractivity contribution in [2.45, 2.75) is 6.54 Å². The van der Waals surface area contributed by atoms with E-state index >= 15 is 0 Å². The molecule has 37 heavy (non-hydrogen) atoms. The SMILES string of the molecule is CNCC(=O)N1CCN(Cc2ccc(-c3cc4nccc(Oc5ccc(NC)cc5F)c4s3)nc2)CC1. The molecule has 4 heterocycles. The Labute approximate surface area is 219 Å². The van der Waals surface area contributed by atoms with Crippen LogP contribution in [0.3, 0.4) is 0 Å². The number of pyridine rings is 2. The van der Waals surface area contributed by atoms with E-state index < -0.39 is 5.82 Å². The lowest BCUT2D eigenvalue weighted by molar-refractivity contribution is -0.131. The first kappa shape index (κ1) is 25.1. The first-order chi connectivity index (χ1) is 18.0. The van der Waals surface area contributed by atoms with Gasteiger partial charge in [0.25, 0.3) is 0 Å². The number of ether oxygens (including phenoxy) is 1. The zero-order valence-electron chi connectivity index (χ0n) is 20.8. The van der Waals surface area contributed by atoms with Crippen molar-refractivity contribution >= 4 is 33.1 Å². The number of amides is 1. The number of hydrogen-bond donors (Lipinski definition) is 2. The largest absolute Gasteiger partial charge is 0.453 e. The van der Waals surface area contributed by atoms with Crippen LogP contribution >= 0.6 is 11.3 Å². The molecule has 3 aromatic heterocycles. The number of rotatable bonds is 8. The number of aromatic nitrogens is 2. The number of fused-ring (bicyclic) bond motifs is 1. The van der Waals surface area contributed by atoms with Gasteiger partial charge in [-0.2, -0.15) is 0 Å². The van der Waals surface area contributed by atoms with Gasteiger partial charge in [0.05, 0.1) is 27.3 Å². The second kappa shape index (κ2) is 11.2. The molecule has 8 nitrogen and oxygen atoms in total. The number of thiophene rings is 1. The van der Waals surface area contributed by atoms with Gasteiger partial charge in [0, 0.05) is 70.0 Å². The average molecular weight is 521 g/mol. The summed E-state index contributed by atoms with van der Waals surface area (Å²) in [5.74, 6) is 0.436. The van der Waals surface area contributed by atoms with E-state index in [-0.39, 0.29) is 11.7 Å². The van der Waals surface area contributed by atoms with Gasteiger partial charge in [-0.3, -0.25) is 19.7 Å². The lowest BCUT2D eigenvalue weighted by atomic mass is 10.2. The maximum atomic E-state index is 14.5. The van der Waals surface area contributed by atoms with E-state index in [2.05, 4.69) is 26.6 Å². The van der Waals surface area contributed by atoms with E-state index in [4.69, 9.17) is 9.72 Å². The number of nitrogens with one attached hydrogen (secondary N) is 2. The lowest BCUT2D eigenvalue weighted by Gasteiger charge is -2.34. The van der Waals surface area contributed by atoms with Gasteiger partial charge in [0.2, 0.25) is 5.91 Å². The molecule has 0 aliphatic carbocycles. The first-order valence-electron chi connectivity index (χ1n) is 12.2. The number of likely N-dealkylation sites (N-methyl/N-ethyl adjacent to an activating group) is 1. The minimum Gasteiger partial charge on any atom is -0.453 e. The number of piperazine rings is 1. The van der Waals surface area contributed by atoms with Gasteiger partial charge in [-0.05, 0) is 36.9 Å². The zero-order valence-corrected chi connectivity index (χ0v) is 21.6. The van der Waals surface area contributed by atoms with Gasteiger partial charge in [-0.1, -0.05) is 6.07 Å². The van der Waals surface area contributed by atoms with Crippen molar-refractivity contribution in [3.05, 3.63) is 66.2 Å². The summed E-state index contributed by atoms with van der Waals surface area (Å²) in [4.78, 5) is 26.4. The highest BCUT2D eigenvalue weighted by Gasteiger charge is 2.20. The van der Waals surface area contributed by atoms with Gasteiger partial charge >= 0.3 is 0 Å². The number of hydrogen-bond acceptors (Lipinski definition) is 8. The molecule has 1 saturated heterocycles. The molecule has 0 unspecified atom stereocenters. The standard InChI is InChI=1S/C27H29FN6O2S/c1-29-16-26(35)34-11-9-33(10-12-34)17-18-3-5-21(32-15-18)25-14-22-27(37-25)24(7-8-31-22)36-23-6-4-19(30-2)13-20(23)28/h3-8,13-15,29-30H,9-12,16-17H2,1-2H3. The zero-order chi connectivity index (χ0) is 25.8. The van der Waals surface area contributed by atoms with E-state index in [0.717, 1.165) is 59.1 Å². The molecule has 0 atom stereocenters. The summed E-state index contributed by atoms with van der Waals surface area (Å²) >= 11 is 1.52. The van der Waals surface area contributed by atoms with Gasteiger partial charge in [0.1, 0.15) is 5.75 Å². The average Bonchev–Trinajstić information content (AvgIpc) is 3.36. The molecule has 2 N–H and O–H groups in total. The maximum Gasteiger partial charge on any atom is 0.236 e. The molecule has 5 rings (SSSR count). The Bertz CT molecular complexity index is 1390. The van der Waals surface area contributed by atoms with Crippen LogP contribution in [0.25, 0.3) is 20.8 Å². The Balaban J connectivity index is 1.27. The third-order valence-corrected chi connectivity index (χ3v) is 7.51. The molecular formula is C27H29FN6O2S. The second-order valence-electron chi connectivity index (χ2n) is 8.87. The van der Waals surface area contributed by atoms with E-state index in [1.54, 1.807) is 38.5 Å². The molecule has 192 valence electrons. The van der Waals surface area contributed by atoms with Gasteiger partial charge in [-0.15, -0.1) is 11.3 Å². The molecule has 0 radical (unpaired) electrons. The quantitative estimate of drug-likeness (QED) is 0.360. The lowest BCUT2D eigenvalue weighted by Crippen LogP contribution is -2.50. The van der Waals surface area contributed by atoms with Crippen LogP contribution in [0.15, 0.2) is 54.9 Å². The monoisotopic (exact) mass is 520 g/mol. The van der Waals surface area contributed by atoms with Crippen molar-refractivity contribution in [3.63, 3.8) is 0 Å². The Morgan fingerprint density at radius 1 is 1.05 bits per heavy atom. The molecule has 1 aliphatic heterocycles. The number of carbonyl (C=O) groups excluding carboxylic acids is 1. The molecule has 4 aromatic rings. The Morgan fingerprint density at radius 3 is 2.59 bits per heavy atom. The summed E-state index contributed by atoms with van der Waals surface area (Å²) < 4.78 is 21.2. The summed E-state index contributed by atoms with van der Waals surface area (Å²) in [6.45, 7) is 4.36. The van der Waals surface area contributed by atoms with Crippen molar-refractivity contribution in [3.8, 4) is 22.1 Å². The fourth-order valence-electron chi connectivity index (χ4n) is 4.32. The van der Waals surface area contributed by atoms with Gasteiger partial charge in [-0.25, -0.2) is 4.39 Å². The van der Waals surface area contributed by atoms with Crippen molar-refractivity contribution < 1.29 is 13.9 Å². The van der Waals surface area contributed by atoms with Crippen LogP contribution < -0.4 is 15.4 Å². The van der Waals surface area contributed by atoms with Crippen LogP contribution in [-0.2, 0) is 11.3 Å². The Morgan fingerprint density at radius 2 is 1.89 bits per heavy atom. The number of anilines is 1. The van der Waals surface area contributed by atoms with Crippen LogP contribution in [0.5, 0.6) is 11.5 Å². The highest BCUT2D eigenvalue weighted by Crippen LogP contribution is 2.39. The molecule has 1 aliphatic rings. The molecule has 0 spiro atoms. The maximum absolute atomic E-state index is 14.5. The predicted octanol–water partition coefficient (Wildman–Crippen LogP) is 4.20. The van der Waals surface area contributed by atoms with Crippen LogP contribution in [0.2, 0.25) is 0 Å². The van der Waals surface area contributed by atoms with Gasteiger partial charge < -0.3 is 20.3 Å². The van der Waals surface area contributed by atoms with E-state index in [1.807, 2.05) is 23.2 Å². The summed E-state index contributed by atoms with van der Waals surface area (Å²) in [6, 6.07) is 12.6. The number of benzene rings is 1. The second-order valence-corrected chi connectivity index (χ2v) is 9.92. The summed E-state index contributed by atoms with van der Waals surface area (Å²) in [7, 11) is 3.53. The number of nitrogens with zero attached hydrogens (tertiary/aromatic N) is 4. The highest BCUT2D eigenvalue weighted by atomic mass is 32.1. The van der Waals surface area contributed by atoms with Crippen molar-refractivity contribution in [2.75, 3.05) is 52.1 Å². The molecular weight excluding hydrogens is 491 g/mol. The number of carbonyl (C=O) groups is 1. The first-order valence-corrected chi connectivity index (χ1v) is 13.0. The van der Waals surface area contributed by atoms with Gasteiger partial charge in [0.15, 0.2) is 11.6 Å². The molecule has 1 aromatic carbocycles. The molecule has 1 fully saturated rings. The minimum absolute atomic E-state index is 0.149. The van der Waals surface area contributed by atoms with E-state index in [1.165, 1.54) is 17.4 Å². The Kier molecular flexibility index (Phi) is 7.59. The summed E-state index contributed by atoms with van der Waals surface area (Å²) in [5.41, 5.74) is 3.44. The van der Waals surface area contributed by atoms with Crippen LogP contribution in [-0.4, -0.2) is 72.5 Å². The summed E-state index contributed by atoms with van der Waals surface area (Å²) in [6.07, 6.45) is 3.57. The summed E-state index contributed by atoms with van der Waals surface area (Å²) in [5, 5.41) is 5.84. The minimum atomic E-state index is -0.433. The van der Waals surface area contributed by atoms with E-state index in [9.17, 15) is 9.18 Å². The predicted molar refractivity (Wildman–Crippen MR) is 145 cm³/mol. The third kappa shape index (κ3) is 5.71. The van der Waals surface area contributed by atoms with Crippen molar-refractivity contribution in [1.82, 2.24) is 25.1 Å². The molecule has 1 amide bonds. The fraction of sp³-hybridized carbons (Fsp3) is 0.296. The van der Waals surface area contributed by atoms with Crippen LogP contribution in [0.1, 0.15) is 5.56 Å².